The molecule has 0 aromatic rings. The Hall–Kier alpha value is -1.12. The number of carbonyl (C=O) groups excluding carboxylic acids is 2. The first-order chi connectivity index (χ1) is 5.59. The Kier molecular flexibility index (Phi) is 2.63. The largest absolute Gasteiger partial charge is 0.460 e. The van der Waals surface area contributed by atoms with Gasteiger partial charge in [0.25, 0.3) is 0 Å². The van der Waals surface area contributed by atoms with E-state index in [-0.39, 0.29) is 17.9 Å². The standard InChI is InChI=1S/C9H12O3/c1-6(2)12-9(11)7-3-4-8(10)5-7/h5-6H,3-4H2,1-2H3. The van der Waals surface area contributed by atoms with E-state index in [2.05, 4.69) is 0 Å². The van der Waals surface area contributed by atoms with Gasteiger partial charge in [0.05, 0.1) is 6.10 Å². The molecule has 0 radical (unpaired) electrons. The van der Waals surface area contributed by atoms with Crippen LogP contribution in [0.3, 0.4) is 0 Å². The van der Waals surface area contributed by atoms with E-state index in [1.165, 1.54) is 6.08 Å². The van der Waals surface area contributed by atoms with E-state index < -0.39 is 0 Å². The fourth-order valence-electron chi connectivity index (χ4n) is 1.05. The molecule has 0 saturated heterocycles. The molecule has 0 aromatic carbocycles. The summed E-state index contributed by atoms with van der Waals surface area (Å²) in [7, 11) is 0. The van der Waals surface area contributed by atoms with Gasteiger partial charge in [0.2, 0.25) is 0 Å². The molecule has 3 nitrogen and oxygen atoms in total. The fourth-order valence-corrected chi connectivity index (χ4v) is 1.05. The maximum absolute atomic E-state index is 11.2. The van der Waals surface area contributed by atoms with Crippen LogP contribution in [0.1, 0.15) is 26.7 Å². The third-order valence-corrected chi connectivity index (χ3v) is 1.58. The molecular formula is C9H12O3. The third-order valence-electron chi connectivity index (χ3n) is 1.58. The number of ether oxygens (including phenoxy) is 1. The van der Waals surface area contributed by atoms with Crippen molar-refractivity contribution in [3.05, 3.63) is 11.6 Å². The molecule has 0 atom stereocenters. The maximum Gasteiger partial charge on any atom is 0.334 e. The first-order valence-electron chi connectivity index (χ1n) is 4.04. The maximum atomic E-state index is 11.2. The van der Waals surface area contributed by atoms with Crippen LogP contribution in [0.5, 0.6) is 0 Å². The average Bonchev–Trinajstić information content (AvgIpc) is 2.34. The first-order valence-corrected chi connectivity index (χ1v) is 4.04. The van der Waals surface area contributed by atoms with Crippen LogP contribution in [0.4, 0.5) is 0 Å². The van der Waals surface area contributed by atoms with Gasteiger partial charge in [-0.2, -0.15) is 0 Å². The van der Waals surface area contributed by atoms with E-state index in [9.17, 15) is 9.59 Å². The van der Waals surface area contributed by atoms with Gasteiger partial charge in [0, 0.05) is 12.0 Å². The van der Waals surface area contributed by atoms with Crippen molar-refractivity contribution in [1.82, 2.24) is 0 Å². The second-order valence-electron chi connectivity index (χ2n) is 3.09. The van der Waals surface area contributed by atoms with Crippen LogP contribution >= 0.6 is 0 Å². The SMILES string of the molecule is CC(C)OC(=O)C1=CC(=O)CC1. The summed E-state index contributed by atoms with van der Waals surface area (Å²) < 4.78 is 4.92. The van der Waals surface area contributed by atoms with Crippen molar-refractivity contribution in [1.29, 1.82) is 0 Å². The Morgan fingerprint density at radius 2 is 2.17 bits per heavy atom. The summed E-state index contributed by atoms with van der Waals surface area (Å²) in [6.07, 6.45) is 2.24. The molecule has 1 aliphatic carbocycles. The average molecular weight is 168 g/mol. The van der Waals surface area contributed by atoms with Crippen molar-refractivity contribution < 1.29 is 14.3 Å². The second-order valence-corrected chi connectivity index (χ2v) is 3.09. The van der Waals surface area contributed by atoms with Crippen molar-refractivity contribution in [2.45, 2.75) is 32.8 Å². The molecule has 1 rings (SSSR count). The molecule has 3 heteroatoms. The highest BCUT2D eigenvalue weighted by Gasteiger charge is 2.19. The van der Waals surface area contributed by atoms with Crippen molar-refractivity contribution in [3.8, 4) is 0 Å². The molecule has 0 saturated carbocycles. The van der Waals surface area contributed by atoms with Gasteiger partial charge in [-0.25, -0.2) is 4.79 Å². The smallest absolute Gasteiger partial charge is 0.334 e. The number of allylic oxidation sites excluding steroid dienone is 1. The van der Waals surface area contributed by atoms with Crippen LogP contribution in [0, 0.1) is 0 Å². The van der Waals surface area contributed by atoms with Gasteiger partial charge < -0.3 is 4.74 Å². The second kappa shape index (κ2) is 3.52. The Morgan fingerprint density at radius 3 is 2.58 bits per heavy atom. The van der Waals surface area contributed by atoms with Crippen LogP contribution < -0.4 is 0 Å². The molecule has 0 fully saturated rings. The molecule has 0 unspecified atom stereocenters. The summed E-state index contributed by atoms with van der Waals surface area (Å²) in [6, 6.07) is 0. The summed E-state index contributed by atoms with van der Waals surface area (Å²) in [5, 5.41) is 0. The lowest BCUT2D eigenvalue weighted by atomic mass is 10.2. The molecule has 0 amide bonds. The molecule has 0 heterocycles. The topological polar surface area (TPSA) is 43.4 Å². The van der Waals surface area contributed by atoms with Crippen LogP contribution in [-0.2, 0) is 14.3 Å². The van der Waals surface area contributed by atoms with E-state index in [1.807, 2.05) is 0 Å². The molecule has 0 aromatic heterocycles. The van der Waals surface area contributed by atoms with Gasteiger partial charge in [-0.15, -0.1) is 0 Å². The number of hydrogen-bond donors (Lipinski definition) is 0. The molecule has 0 N–H and O–H groups in total. The van der Waals surface area contributed by atoms with E-state index in [0.717, 1.165) is 0 Å². The van der Waals surface area contributed by atoms with E-state index in [0.29, 0.717) is 18.4 Å². The quantitative estimate of drug-likeness (QED) is 0.582. The number of ketones is 1. The van der Waals surface area contributed by atoms with Crippen LogP contribution in [0.25, 0.3) is 0 Å². The van der Waals surface area contributed by atoms with Gasteiger partial charge in [-0.05, 0) is 26.3 Å². The fraction of sp³-hybridized carbons (Fsp3) is 0.556. The van der Waals surface area contributed by atoms with Crippen molar-refractivity contribution in [2.24, 2.45) is 0 Å². The van der Waals surface area contributed by atoms with Crippen molar-refractivity contribution in [2.75, 3.05) is 0 Å². The predicted octanol–water partition coefficient (Wildman–Crippen LogP) is 1.23. The van der Waals surface area contributed by atoms with Crippen LogP contribution in [-0.4, -0.2) is 17.9 Å². The lowest BCUT2D eigenvalue weighted by Crippen LogP contribution is -2.12. The van der Waals surface area contributed by atoms with Gasteiger partial charge in [0.15, 0.2) is 5.78 Å². The highest BCUT2D eigenvalue weighted by Crippen LogP contribution is 2.16. The Balaban J connectivity index is 2.54. The molecule has 0 aliphatic heterocycles. The van der Waals surface area contributed by atoms with Crippen molar-refractivity contribution in [3.63, 3.8) is 0 Å². The number of carbonyl (C=O) groups is 2. The summed E-state index contributed by atoms with van der Waals surface area (Å²) in [6.45, 7) is 3.57. The zero-order valence-corrected chi connectivity index (χ0v) is 7.29. The summed E-state index contributed by atoms with van der Waals surface area (Å²) in [4.78, 5) is 21.9. The minimum Gasteiger partial charge on any atom is -0.460 e. The summed E-state index contributed by atoms with van der Waals surface area (Å²) in [5.41, 5.74) is 0.508. The van der Waals surface area contributed by atoms with E-state index >= 15 is 0 Å². The summed E-state index contributed by atoms with van der Waals surface area (Å²) in [5.74, 6) is -0.332. The third kappa shape index (κ3) is 2.19. The molecule has 0 spiro atoms. The van der Waals surface area contributed by atoms with Crippen molar-refractivity contribution >= 4 is 11.8 Å². The van der Waals surface area contributed by atoms with Crippen LogP contribution in [0.2, 0.25) is 0 Å². The Morgan fingerprint density at radius 1 is 1.50 bits per heavy atom. The molecule has 66 valence electrons. The van der Waals surface area contributed by atoms with Gasteiger partial charge in [-0.1, -0.05) is 0 Å². The Bertz CT molecular complexity index is 238. The highest BCUT2D eigenvalue weighted by atomic mass is 16.5. The number of hydrogen-bond acceptors (Lipinski definition) is 3. The van der Waals surface area contributed by atoms with E-state index in [4.69, 9.17) is 4.74 Å². The van der Waals surface area contributed by atoms with Gasteiger partial charge >= 0.3 is 5.97 Å². The molecule has 12 heavy (non-hydrogen) atoms. The normalized spacial score (nSPS) is 16.6. The Labute approximate surface area is 71.4 Å². The molecule has 0 bridgehead atoms. The number of rotatable bonds is 2. The summed E-state index contributed by atoms with van der Waals surface area (Å²) >= 11 is 0. The molecular weight excluding hydrogens is 156 g/mol. The first kappa shape index (κ1) is 8.97. The zero-order chi connectivity index (χ0) is 9.14. The highest BCUT2D eigenvalue weighted by molar-refractivity contribution is 6.03. The predicted molar refractivity (Wildman–Crippen MR) is 43.6 cm³/mol. The van der Waals surface area contributed by atoms with Crippen LogP contribution in [0.15, 0.2) is 11.6 Å². The lowest BCUT2D eigenvalue weighted by molar-refractivity contribution is -0.142. The molecule has 1 aliphatic rings. The number of esters is 1. The van der Waals surface area contributed by atoms with E-state index in [1.54, 1.807) is 13.8 Å². The minimum atomic E-state index is -0.351. The van der Waals surface area contributed by atoms with Gasteiger partial charge in [-0.3, -0.25) is 4.79 Å². The van der Waals surface area contributed by atoms with Gasteiger partial charge in [0.1, 0.15) is 0 Å². The lowest BCUT2D eigenvalue weighted by Gasteiger charge is -2.07. The minimum absolute atomic E-state index is 0.0192. The monoisotopic (exact) mass is 168 g/mol. The zero-order valence-electron chi connectivity index (χ0n) is 7.29.